The van der Waals surface area contributed by atoms with Gasteiger partial charge in [-0.1, -0.05) is 91.0 Å². The Hall–Kier alpha value is -4.52. The summed E-state index contributed by atoms with van der Waals surface area (Å²) >= 11 is 0. The summed E-state index contributed by atoms with van der Waals surface area (Å²) in [4.78, 5) is 13.9. The van der Waals surface area contributed by atoms with Crippen molar-refractivity contribution in [1.82, 2.24) is 20.4 Å². The third kappa shape index (κ3) is 3.84. The monoisotopic (exact) mass is 406 g/mol. The van der Waals surface area contributed by atoms with Crippen LogP contribution in [0.15, 0.2) is 108 Å². The van der Waals surface area contributed by atoms with Gasteiger partial charge in [0.2, 0.25) is 0 Å². The summed E-state index contributed by atoms with van der Waals surface area (Å²) in [5.41, 5.74) is 5.86. The van der Waals surface area contributed by atoms with Gasteiger partial charge in [0.1, 0.15) is 5.71 Å². The summed E-state index contributed by atoms with van der Waals surface area (Å²) in [5.74, 6) is 1.40. The third-order valence-electron chi connectivity index (χ3n) is 4.69. The molecule has 1 aliphatic heterocycles. The van der Waals surface area contributed by atoms with Crippen LogP contribution in [0.3, 0.4) is 0 Å². The second kappa shape index (κ2) is 8.08. The Morgan fingerprint density at radius 1 is 0.613 bits per heavy atom. The maximum atomic E-state index is 10.3. The Labute approximate surface area is 179 Å². The quantitative estimate of drug-likeness (QED) is 0.525. The summed E-state index contributed by atoms with van der Waals surface area (Å²) < 4.78 is 0. The number of nitrogens with one attached hydrogen (secondary N) is 1. The number of hydrogen-bond acceptors (Lipinski definition) is 7. The molecule has 150 valence electrons. The lowest BCUT2D eigenvalue weighted by Gasteiger charge is -2.23. The smallest absolute Gasteiger partial charge is 0.270 e. The van der Waals surface area contributed by atoms with Gasteiger partial charge in [-0.2, -0.15) is 9.97 Å². The minimum Gasteiger partial charge on any atom is -0.504 e. The minimum atomic E-state index is 0.0306. The lowest BCUT2D eigenvalue weighted by Crippen LogP contribution is -2.36. The number of hydrazone groups is 1. The fourth-order valence-corrected chi connectivity index (χ4v) is 3.17. The number of aromatic nitrogens is 3. The van der Waals surface area contributed by atoms with Crippen LogP contribution >= 0.6 is 0 Å². The van der Waals surface area contributed by atoms with E-state index >= 15 is 0 Å². The number of aliphatic hydroxyl groups excluding tert-OH is 1. The fourth-order valence-electron chi connectivity index (χ4n) is 3.17. The average Bonchev–Trinajstić information content (AvgIpc) is 2.86. The van der Waals surface area contributed by atoms with E-state index in [1.54, 1.807) is 0 Å². The van der Waals surface area contributed by atoms with Crippen LogP contribution in [-0.2, 0) is 0 Å². The van der Waals surface area contributed by atoms with Crippen LogP contribution in [-0.4, -0.2) is 25.8 Å². The molecule has 0 unspecified atom stereocenters. The number of anilines is 1. The number of hydrogen-bond donors (Lipinski definition) is 2. The molecule has 1 aliphatic rings. The summed E-state index contributed by atoms with van der Waals surface area (Å²) in [6.45, 7) is 0. The first-order valence-corrected chi connectivity index (χ1v) is 9.75. The molecule has 0 aliphatic carbocycles. The molecule has 2 heterocycles. The van der Waals surface area contributed by atoms with Gasteiger partial charge in [-0.05, 0) is 0 Å². The van der Waals surface area contributed by atoms with Crippen LogP contribution in [0.1, 0.15) is 5.56 Å². The van der Waals surface area contributed by atoms with E-state index in [0.29, 0.717) is 23.3 Å². The molecule has 7 heteroatoms. The number of benzene rings is 3. The first kappa shape index (κ1) is 18.5. The van der Waals surface area contributed by atoms with E-state index in [9.17, 15) is 5.11 Å². The van der Waals surface area contributed by atoms with E-state index in [2.05, 4.69) is 25.5 Å². The van der Waals surface area contributed by atoms with E-state index in [-0.39, 0.29) is 5.76 Å². The molecule has 2 N–H and O–H groups in total. The van der Waals surface area contributed by atoms with E-state index in [0.717, 1.165) is 16.7 Å². The molecule has 0 atom stereocenters. The second-order valence-electron chi connectivity index (χ2n) is 6.80. The molecule has 0 spiro atoms. The summed E-state index contributed by atoms with van der Waals surface area (Å²) in [7, 11) is 0. The zero-order chi connectivity index (χ0) is 21.0. The van der Waals surface area contributed by atoms with Crippen LogP contribution in [0.4, 0.5) is 5.95 Å². The number of hydrazine groups is 1. The highest BCUT2D eigenvalue weighted by molar-refractivity contribution is 6.11. The largest absolute Gasteiger partial charge is 0.504 e. The van der Waals surface area contributed by atoms with Gasteiger partial charge in [0.05, 0.1) is 6.20 Å². The Morgan fingerprint density at radius 3 is 1.61 bits per heavy atom. The van der Waals surface area contributed by atoms with Crippen LogP contribution in [0.5, 0.6) is 0 Å². The first-order valence-electron chi connectivity index (χ1n) is 9.75. The van der Waals surface area contributed by atoms with E-state index in [4.69, 9.17) is 0 Å². The fraction of sp³-hybridized carbons (Fsp3) is 0. The molecular weight excluding hydrogens is 388 g/mol. The Balaban J connectivity index is 1.62. The molecule has 0 saturated heterocycles. The van der Waals surface area contributed by atoms with Crippen molar-refractivity contribution in [3.8, 4) is 22.8 Å². The van der Waals surface area contributed by atoms with Gasteiger partial charge in [0.15, 0.2) is 17.4 Å². The molecule has 4 aromatic rings. The van der Waals surface area contributed by atoms with Crippen molar-refractivity contribution in [2.75, 3.05) is 5.12 Å². The number of aliphatic hydroxyl groups is 1. The number of rotatable bonds is 4. The van der Waals surface area contributed by atoms with Crippen LogP contribution in [0, 0.1) is 0 Å². The highest BCUT2D eigenvalue weighted by Gasteiger charge is 2.21. The van der Waals surface area contributed by atoms with Crippen molar-refractivity contribution in [3.63, 3.8) is 0 Å². The molecule has 0 saturated carbocycles. The van der Waals surface area contributed by atoms with E-state index in [1.807, 2.05) is 91.0 Å². The van der Waals surface area contributed by atoms with Gasteiger partial charge < -0.3 is 5.11 Å². The first-order chi connectivity index (χ1) is 15.3. The average molecular weight is 406 g/mol. The number of nitrogens with zero attached hydrogens (tertiary/aromatic N) is 5. The summed E-state index contributed by atoms with van der Waals surface area (Å²) in [5, 5.41) is 16.3. The van der Waals surface area contributed by atoms with Gasteiger partial charge in [-0.25, -0.2) is 4.98 Å². The third-order valence-corrected chi connectivity index (χ3v) is 4.69. The molecule has 3 aromatic carbocycles. The zero-order valence-corrected chi connectivity index (χ0v) is 16.4. The SMILES string of the molecule is OC1=CNN(c2nc(-c3ccccc3)nc(-c3ccccc3)n2)N=C1c1ccccc1. The lowest BCUT2D eigenvalue weighted by molar-refractivity contribution is 0.432. The summed E-state index contributed by atoms with van der Waals surface area (Å²) in [6, 6.07) is 28.9. The van der Waals surface area contributed by atoms with Crippen molar-refractivity contribution in [2.24, 2.45) is 5.10 Å². The van der Waals surface area contributed by atoms with Gasteiger partial charge >= 0.3 is 0 Å². The highest BCUT2D eigenvalue weighted by atomic mass is 16.3. The zero-order valence-electron chi connectivity index (χ0n) is 16.4. The Kier molecular flexibility index (Phi) is 4.82. The van der Waals surface area contributed by atoms with Crippen LogP contribution in [0.2, 0.25) is 0 Å². The van der Waals surface area contributed by atoms with Gasteiger partial charge in [-0.15, -0.1) is 10.2 Å². The van der Waals surface area contributed by atoms with Gasteiger partial charge in [-0.3, -0.25) is 5.43 Å². The standard InChI is InChI=1S/C24H18N6O/c31-20-16-25-30(29-21(20)17-10-4-1-5-11-17)24-27-22(18-12-6-2-7-13-18)26-23(28-24)19-14-8-3-9-15-19/h1-16,25,31H. The van der Waals surface area contributed by atoms with Crippen molar-refractivity contribution in [1.29, 1.82) is 0 Å². The summed E-state index contributed by atoms with van der Waals surface area (Å²) in [6.07, 6.45) is 1.46. The van der Waals surface area contributed by atoms with Crippen molar-refractivity contribution in [3.05, 3.63) is 109 Å². The molecular formula is C24H18N6O. The highest BCUT2D eigenvalue weighted by Crippen LogP contribution is 2.24. The van der Waals surface area contributed by atoms with Crippen molar-refractivity contribution >= 4 is 11.7 Å². The minimum absolute atomic E-state index is 0.0306. The molecule has 7 nitrogen and oxygen atoms in total. The molecule has 0 fully saturated rings. The van der Waals surface area contributed by atoms with E-state index < -0.39 is 0 Å². The molecule has 0 amide bonds. The van der Waals surface area contributed by atoms with Crippen molar-refractivity contribution in [2.45, 2.75) is 0 Å². The van der Waals surface area contributed by atoms with Gasteiger partial charge in [0, 0.05) is 16.7 Å². The second-order valence-corrected chi connectivity index (χ2v) is 6.80. The molecule has 31 heavy (non-hydrogen) atoms. The maximum absolute atomic E-state index is 10.3. The Bertz CT molecular complexity index is 1200. The Morgan fingerprint density at radius 2 is 1.10 bits per heavy atom. The normalized spacial score (nSPS) is 13.2. The van der Waals surface area contributed by atoms with Crippen molar-refractivity contribution < 1.29 is 5.11 Å². The maximum Gasteiger partial charge on any atom is 0.270 e. The lowest BCUT2D eigenvalue weighted by atomic mass is 10.1. The number of allylic oxidation sites excluding steroid dienone is 1. The molecule has 1 aromatic heterocycles. The van der Waals surface area contributed by atoms with Crippen LogP contribution < -0.4 is 10.5 Å². The predicted octanol–water partition coefficient (Wildman–Crippen LogP) is 4.33. The molecule has 0 radical (unpaired) electrons. The van der Waals surface area contributed by atoms with E-state index in [1.165, 1.54) is 11.3 Å². The topological polar surface area (TPSA) is 86.5 Å². The molecule has 0 bridgehead atoms. The molecule has 5 rings (SSSR count). The van der Waals surface area contributed by atoms with Gasteiger partial charge in [0.25, 0.3) is 5.95 Å². The van der Waals surface area contributed by atoms with Crippen LogP contribution in [0.25, 0.3) is 22.8 Å². The predicted molar refractivity (Wildman–Crippen MR) is 120 cm³/mol.